The zero-order valence-electron chi connectivity index (χ0n) is 17.9. The van der Waals surface area contributed by atoms with Crippen molar-refractivity contribution in [3.63, 3.8) is 0 Å². The van der Waals surface area contributed by atoms with Gasteiger partial charge < -0.3 is 9.84 Å². The number of carbonyl (C=O) groups is 1. The summed E-state index contributed by atoms with van der Waals surface area (Å²) in [6.07, 6.45) is 11.9. The monoisotopic (exact) mass is 399 g/mol. The first-order valence-electron chi connectivity index (χ1n) is 12.2. The smallest absolute Gasteiger partial charge is 0.150 e. The number of morpholine rings is 1. The molecule has 4 saturated carbocycles. The van der Waals surface area contributed by atoms with E-state index < -0.39 is 0 Å². The van der Waals surface area contributed by atoms with E-state index in [9.17, 15) is 9.90 Å². The topological polar surface area (TPSA) is 49.8 Å². The van der Waals surface area contributed by atoms with E-state index in [1.807, 2.05) is 0 Å². The molecule has 4 heteroatoms. The van der Waals surface area contributed by atoms with Crippen molar-refractivity contribution in [1.29, 1.82) is 0 Å². The number of hydrogen-bond acceptors (Lipinski definition) is 4. The fraction of sp³-hybridized carbons (Fsp3) is 0.880. The number of fused-ring (bicyclic) bond motifs is 7. The lowest BCUT2D eigenvalue weighted by Gasteiger charge is -2.53. The molecule has 0 spiro atoms. The minimum atomic E-state index is -0.331. The van der Waals surface area contributed by atoms with Gasteiger partial charge in [-0.15, -0.1) is 0 Å². The van der Waals surface area contributed by atoms with Crippen LogP contribution in [0.15, 0.2) is 11.6 Å². The molecule has 6 rings (SSSR count). The highest BCUT2D eigenvalue weighted by molar-refractivity contribution is 5.84. The Morgan fingerprint density at radius 3 is 2.83 bits per heavy atom. The van der Waals surface area contributed by atoms with E-state index in [1.165, 1.54) is 32.1 Å². The van der Waals surface area contributed by atoms with Gasteiger partial charge >= 0.3 is 0 Å². The van der Waals surface area contributed by atoms with Crippen LogP contribution in [0.1, 0.15) is 58.3 Å². The van der Waals surface area contributed by atoms with Crippen molar-refractivity contribution in [2.75, 3.05) is 32.8 Å². The molecule has 160 valence electrons. The van der Waals surface area contributed by atoms with Crippen LogP contribution in [0.4, 0.5) is 0 Å². The highest BCUT2D eigenvalue weighted by atomic mass is 16.5. The fourth-order valence-electron chi connectivity index (χ4n) is 8.63. The molecular formula is C25H37NO3. The second-order valence-corrected chi connectivity index (χ2v) is 11.4. The summed E-state index contributed by atoms with van der Waals surface area (Å²) >= 11 is 0. The maximum absolute atomic E-state index is 13.3. The molecule has 0 aromatic rings. The van der Waals surface area contributed by atoms with Gasteiger partial charge in [-0.05, 0) is 80.5 Å². The van der Waals surface area contributed by atoms with Crippen molar-refractivity contribution in [3.05, 3.63) is 11.6 Å². The molecule has 1 saturated heterocycles. The Labute approximate surface area is 175 Å². The SMILES string of the molecule is C[C@]12CC[C@H]3[C@@H](CC=C4C5C[C@@]5(O)CC[C@@H]43)[C@@H]1CC[C@@H]2C(=O)CN1CCOCC1. The first kappa shape index (κ1) is 19.0. The van der Waals surface area contributed by atoms with E-state index in [0.717, 1.165) is 69.2 Å². The highest BCUT2D eigenvalue weighted by Crippen LogP contribution is 2.67. The maximum Gasteiger partial charge on any atom is 0.150 e. The summed E-state index contributed by atoms with van der Waals surface area (Å²) in [5.41, 5.74) is 1.51. The summed E-state index contributed by atoms with van der Waals surface area (Å²) in [4.78, 5) is 15.6. The Morgan fingerprint density at radius 1 is 1.17 bits per heavy atom. The Hall–Kier alpha value is -0.710. The van der Waals surface area contributed by atoms with Crippen LogP contribution in [0, 0.1) is 40.9 Å². The molecule has 5 fully saturated rings. The van der Waals surface area contributed by atoms with E-state index in [-0.39, 0.29) is 16.9 Å². The molecule has 0 aromatic carbocycles. The number of allylic oxidation sites excluding steroid dienone is 1. The van der Waals surface area contributed by atoms with Crippen LogP contribution in [0.3, 0.4) is 0 Å². The van der Waals surface area contributed by atoms with Gasteiger partial charge in [0.1, 0.15) is 5.78 Å². The van der Waals surface area contributed by atoms with Crippen molar-refractivity contribution in [2.45, 2.75) is 63.9 Å². The molecule has 29 heavy (non-hydrogen) atoms. The van der Waals surface area contributed by atoms with Gasteiger partial charge in [0, 0.05) is 24.9 Å². The lowest BCUT2D eigenvalue weighted by atomic mass is 9.51. The Kier molecular flexibility index (Phi) is 4.35. The predicted octanol–water partition coefficient (Wildman–Crippen LogP) is 3.44. The number of rotatable bonds is 3. The summed E-state index contributed by atoms with van der Waals surface area (Å²) in [6, 6.07) is 0. The second-order valence-electron chi connectivity index (χ2n) is 11.4. The van der Waals surface area contributed by atoms with E-state index in [0.29, 0.717) is 18.2 Å². The lowest BCUT2D eigenvalue weighted by Crippen LogP contribution is -2.49. The first-order chi connectivity index (χ1) is 14.0. The molecule has 6 aliphatic rings. The Balaban J connectivity index is 1.19. The Bertz CT molecular complexity index is 728. The molecule has 5 aliphatic carbocycles. The summed E-state index contributed by atoms with van der Waals surface area (Å²) in [7, 11) is 0. The number of hydrogen-bond donors (Lipinski definition) is 1. The van der Waals surface area contributed by atoms with Crippen molar-refractivity contribution in [3.8, 4) is 0 Å². The van der Waals surface area contributed by atoms with Gasteiger partial charge in [-0.3, -0.25) is 9.69 Å². The number of ketones is 1. The Morgan fingerprint density at radius 2 is 2.00 bits per heavy atom. The first-order valence-corrected chi connectivity index (χ1v) is 12.2. The van der Waals surface area contributed by atoms with Crippen LogP contribution in [-0.2, 0) is 9.53 Å². The normalized spacial score (nSPS) is 51.3. The van der Waals surface area contributed by atoms with Gasteiger partial charge in [-0.25, -0.2) is 0 Å². The molecule has 0 aromatic heterocycles. The van der Waals surface area contributed by atoms with Gasteiger partial charge in [0.05, 0.1) is 25.4 Å². The fourth-order valence-corrected chi connectivity index (χ4v) is 8.63. The standard InChI is InChI=1S/C25H37NO3/c1-24-8-6-16-17-7-9-25(28)14-22(25)19(17)3-2-18(16)20(24)4-5-21(24)23(27)15-26-10-12-29-13-11-26/h3,16-18,20-22,28H,2,4-15H2,1H3/t16-,17-,18-,20+,21-,22?,24+,25+/m1/s1. The van der Waals surface area contributed by atoms with Crippen LogP contribution < -0.4 is 0 Å². The van der Waals surface area contributed by atoms with Crippen molar-refractivity contribution < 1.29 is 14.6 Å². The van der Waals surface area contributed by atoms with Gasteiger partial charge in [0.15, 0.2) is 0 Å². The summed E-state index contributed by atoms with van der Waals surface area (Å²) < 4.78 is 5.46. The van der Waals surface area contributed by atoms with E-state index in [2.05, 4.69) is 17.9 Å². The van der Waals surface area contributed by atoms with Crippen LogP contribution >= 0.6 is 0 Å². The number of nitrogens with zero attached hydrogens (tertiary/aromatic N) is 1. The third-order valence-corrected chi connectivity index (χ3v) is 10.3. The molecule has 8 atom stereocenters. The predicted molar refractivity (Wildman–Crippen MR) is 111 cm³/mol. The number of aliphatic hydroxyl groups is 1. The highest BCUT2D eigenvalue weighted by Gasteiger charge is 2.63. The second kappa shape index (κ2) is 6.64. The maximum atomic E-state index is 13.3. The molecular weight excluding hydrogens is 362 g/mol. The average Bonchev–Trinajstić information content (AvgIpc) is 3.29. The number of carbonyl (C=O) groups excluding carboxylic acids is 1. The number of Topliss-reactive ketones (excluding diaryl/α,β-unsaturated/α-hetero) is 1. The lowest BCUT2D eigenvalue weighted by molar-refractivity contribution is -0.131. The van der Waals surface area contributed by atoms with Crippen molar-refractivity contribution >= 4 is 5.78 Å². The van der Waals surface area contributed by atoms with Crippen LogP contribution in [0.25, 0.3) is 0 Å². The quantitative estimate of drug-likeness (QED) is 0.739. The zero-order valence-corrected chi connectivity index (χ0v) is 17.9. The molecule has 1 heterocycles. The molecule has 1 aliphatic heterocycles. The third-order valence-electron chi connectivity index (χ3n) is 10.3. The molecule has 0 radical (unpaired) electrons. The number of ether oxygens (including phenoxy) is 1. The zero-order chi connectivity index (χ0) is 19.8. The van der Waals surface area contributed by atoms with Crippen LogP contribution in [0.2, 0.25) is 0 Å². The van der Waals surface area contributed by atoms with Crippen LogP contribution in [-0.4, -0.2) is 54.2 Å². The van der Waals surface area contributed by atoms with Gasteiger partial charge in [0.2, 0.25) is 0 Å². The summed E-state index contributed by atoms with van der Waals surface area (Å²) in [6.45, 7) is 6.46. The summed E-state index contributed by atoms with van der Waals surface area (Å²) in [5, 5.41) is 10.6. The summed E-state index contributed by atoms with van der Waals surface area (Å²) in [5.74, 6) is 4.29. The van der Waals surface area contributed by atoms with Crippen molar-refractivity contribution in [2.24, 2.45) is 40.9 Å². The van der Waals surface area contributed by atoms with E-state index in [4.69, 9.17) is 4.74 Å². The van der Waals surface area contributed by atoms with E-state index in [1.54, 1.807) is 5.57 Å². The molecule has 0 amide bonds. The minimum absolute atomic E-state index is 0.213. The van der Waals surface area contributed by atoms with Gasteiger partial charge in [0.25, 0.3) is 0 Å². The minimum Gasteiger partial charge on any atom is -0.389 e. The molecule has 4 nitrogen and oxygen atoms in total. The van der Waals surface area contributed by atoms with Gasteiger partial charge in [-0.1, -0.05) is 18.6 Å². The van der Waals surface area contributed by atoms with Crippen LogP contribution in [0.5, 0.6) is 0 Å². The third kappa shape index (κ3) is 2.85. The molecule has 0 bridgehead atoms. The van der Waals surface area contributed by atoms with Gasteiger partial charge in [-0.2, -0.15) is 0 Å². The molecule has 1 unspecified atom stereocenters. The largest absolute Gasteiger partial charge is 0.389 e. The molecule has 1 N–H and O–H groups in total. The average molecular weight is 400 g/mol. The van der Waals surface area contributed by atoms with E-state index >= 15 is 0 Å². The van der Waals surface area contributed by atoms with Crippen molar-refractivity contribution in [1.82, 2.24) is 4.90 Å².